The topological polar surface area (TPSA) is 26.3 Å². The fourth-order valence-electron chi connectivity index (χ4n) is 1.58. The van der Waals surface area contributed by atoms with Crippen LogP contribution in [-0.4, -0.2) is 19.0 Å². The molecule has 1 atom stereocenters. The van der Waals surface area contributed by atoms with Crippen molar-refractivity contribution >= 4 is 5.78 Å². The summed E-state index contributed by atoms with van der Waals surface area (Å²) < 4.78 is 5.18. The third-order valence-corrected chi connectivity index (χ3v) is 2.53. The first-order valence-corrected chi connectivity index (χ1v) is 5.37. The van der Waals surface area contributed by atoms with Crippen LogP contribution in [0.3, 0.4) is 0 Å². The Hall–Kier alpha value is -1.15. The molecule has 0 saturated heterocycles. The number of rotatable bonds is 6. The predicted molar refractivity (Wildman–Crippen MR) is 60.9 cm³/mol. The summed E-state index contributed by atoms with van der Waals surface area (Å²) in [5.74, 6) is 0.188. The van der Waals surface area contributed by atoms with Gasteiger partial charge in [-0.15, -0.1) is 0 Å². The van der Waals surface area contributed by atoms with Crippen LogP contribution in [0.2, 0.25) is 0 Å². The maximum atomic E-state index is 11.4. The van der Waals surface area contributed by atoms with Gasteiger partial charge in [0.2, 0.25) is 0 Å². The lowest BCUT2D eigenvalue weighted by atomic mass is 10.0. The van der Waals surface area contributed by atoms with Crippen LogP contribution >= 0.6 is 0 Å². The van der Waals surface area contributed by atoms with Gasteiger partial charge in [0.05, 0.1) is 0 Å². The molecule has 0 N–H and O–H groups in total. The molecule has 1 aromatic carbocycles. The summed E-state index contributed by atoms with van der Waals surface area (Å²) in [4.78, 5) is 11.4. The van der Waals surface area contributed by atoms with Crippen molar-refractivity contribution in [1.29, 1.82) is 0 Å². The summed E-state index contributed by atoms with van der Waals surface area (Å²) in [7, 11) is 1.60. The van der Waals surface area contributed by atoms with Crippen LogP contribution in [0.5, 0.6) is 0 Å². The molecule has 0 aliphatic rings. The van der Waals surface area contributed by atoms with E-state index in [2.05, 4.69) is 12.1 Å². The molecule has 0 radical (unpaired) electrons. The highest BCUT2D eigenvalue weighted by Gasteiger charge is 2.14. The third-order valence-electron chi connectivity index (χ3n) is 2.53. The zero-order valence-corrected chi connectivity index (χ0v) is 9.40. The molecular weight excluding hydrogens is 188 g/mol. The van der Waals surface area contributed by atoms with Crippen molar-refractivity contribution in [2.45, 2.75) is 32.3 Å². The minimum atomic E-state index is -0.241. The van der Waals surface area contributed by atoms with E-state index in [1.54, 1.807) is 7.11 Å². The molecule has 82 valence electrons. The molecule has 2 nitrogen and oxygen atoms in total. The van der Waals surface area contributed by atoms with E-state index >= 15 is 0 Å². The molecule has 0 bridgehead atoms. The highest BCUT2D eigenvalue weighted by atomic mass is 16.5. The highest BCUT2D eigenvalue weighted by molar-refractivity contribution is 5.82. The van der Waals surface area contributed by atoms with E-state index < -0.39 is 0 Å². The molecular formula is C13H18O2. The first kappa shape index (κ1) is 11.9. The number of carbonyl (C=O) groups is 1. The van der Waals surface area contributed by atoms with Crippen LogP contribution in [0.25, 0.3) is 0 Å². The van der Waals surface area contributed by atoms with Gasteiger partial charge in [0, 0.05) is 13.5 Å². The molecule has 0 aromatic heterocycles. The average Bonchev–Trinajstić information content (AvgIpc) is 2.31. The van der Waals surface area contributed by atoms with E-state index in [1.165, 1.54) is 5.56 Å². The van der Waals surface area contributed by atoms with Gasteiger partial charge in [-0.05, 0) is 18.4 Å². The van der Waals surface area contributed by atoms with Crippen LogP contribution in [0.1, 0.15) is 25.3 Å². The van der Waals surface area contributed by atoms with Crippen molar-refractivity contribution in [3.63, 3.8) is 0 Å². The number of hydrogen-bond donors (Lipinski definition) is 0. The van der Waals surface area contributed by atoms with Gasteiger partial charge >= 0.3 is 0 Å². The standard InChI is InChI=1S/C13H18O2/c1-3-12(14)13(15-2)10-9-11-7-5-4-6-8-11/h4-8,13H,3,9-10H2,1-2H3. The fourth-order valence-corrected chi connectivity index (χ4v) is 1.58. The number of carbonyl (C=O) groups excluding carboxylic acids is 1. The van der Waals surface area contributed by atoms with E-state index in [1.807, 2.05) is 25.1 Å². The van der Waals surface area contributed by atoms with Gasteiger partial charge in [-0.2, -0.15) is 0 Å². The van der Waals surface area contributed by atoms with Gasteiger partial charge in [0.1, 0.15) is 6.10 Å². The van der Waals surface area contributed by atoms with Crippen LogP contribution in [0.15, 0.2) is 30.3 Å². The van der Waals surface area contributed by atoms with E-state index in [0.29, 0.717) is 6.42 Å². The second-order valence-electron chi connectivity index (χ2n) is 3.57. The van der Waals surface area contributed by atoms with Crippen molar-refractivity contribution in [2.24, 2.45) is 0 Å². The Morgan fingerprint density at radius 2 is 2.00 bits per heavy atom. The largest absolute Gasteiger partial charge is 0.374 e. The molecule has 0 heterocycles. The molecule has 1 unspecified atom stereocenters. The minimum Gasteiger partial charge on any atom is -0.374 e. The molecule has 2 heteroatoms. The van der Waals surface area contributed by atoms with Gasteiger partial charge < -0.3 is 4.74 Å². The minimum absolute atomic E-state index is 0.188. The number of ether oxygens (including phenoxy) is 1. The Balaban J connectivity index is 2.44. The first-order chi connectivity index (χ1) is 7.27. The Labute approximate surface area is 91.3 Å². The quantitative estimate of drug-likeness (QED) is 0.715. The third kappa shape index (κ3) is 3.84. The summed E-state index contributed by atoms with van der Waals surface area (Å²) >= 11 is 0. The fraction of sp³-hybridized carbons (Fsp3) is 0.462. The summed E-state index contributed by atoms with van der Waals surface area (Å²) in [6.45, 7) is 1.87. The molecule has 1 aromatic rings. The van der Waals surface area contributed by atoms with Gasteiger partial charge in [-0.1, -0.05) is 37.3 Å². The average molecular weight is 206 g/mol. The second kappa shape index (κ2) is 6.36. The molecule has 0 spiro atoms. The Morgan fingerprint density at radius 3 is 2.53 bits per heavy atom. The zero-order valence-electron chi connectivity index (χ0n) is 9.40. The van der Waals surface area contributed by atoms with Crippen LogP contribution < -0.4 is 0 Å². The van der Waals surface area contributed by atoms with Gasteiger partial charge in [-0.3, -0.25) is 4.79 Å². The number of benzene rings is 1. The van der Waals surface area contributed by atoms with Crippen molar-refractivity contribution in [2.75, 3.05) is 7.11 Å². The number of hydrogen-bond acceptors (Lipinski definition) is 2. The normalized spacial score (nSPS) is 12.4. The van der Waals surface area contributed by atoms with Gasteiger partial charge in [0.25, 0.3) is 0 Å². The maximum Gasteiger partial charge on any atom is 0.161 e. The summed E-state index contributed by atoms with van der Waals surface area (Å²) in [5.41, 5.74) is 1.25. The summed E-state index contributed by atoms with van der Waals surface area (Å²) in [6.07, 6.45) is 1.97. The van der Waals surface area contributed by atoms with E-state index in [9.17, 15) is 4.79 Å². The maximum absolute atomic E-state index is 11.4. The lowest BCUT2D eigenvalue weighted by Crippen LogP contribution is -2.22. The molecule has 1 rings (SSSR count). The highest BCUT2D eigenvalue weighted by Crippen LogP contribution is 2.08. The van der Waals surface area contributed by atoms with E-state index in [0.717, 1.165) is 12.8 Å². The lowest BCUT2D eigenvalue weighted by molar-refractivity contribution is -0.128. The SMILES string of the molecule is CCC(=O)C(CCc1ccccc1)OC. The summed E-state index contributed by atoms with van der Waals surface area (Å²) in [6, 6.07) is 10.2. The lowest BCUT2D eigenvalue weighted by Gasteiger charge is -2.12. The number of ketones is 1. The van der Waals surface area contributed by atoms with Gasteiger partial charge in [-0.25, -0.2) is 0 Å². The number of Topliss-reactive ketones (excluding diaryl/α,β-unsaturated/α-hetero) is 1. The zero-order chi connectivity index (χ0) is 11.1. The van der Waals surface area contributed by atoms with Crippen LogP contribution in [-0.2, 0) is 16.0 Å². The molecule has 0 fully saturated rings. The molecule has 15 heavy (non-hydrogen) atoms. The second-order valence-corrected chi connectivity index (χ2v) is 3.57. The molecule has 0 amide bonds. The van der Waals surface area contributed by atoms with E-state index in [-0.39, 0.29) is 11.9 Å². The van der Waals surface area contributed by atoms with Crippen molar-refractivity contribution in [3.05, 3.63) is 35.9 Å². The van der Waals surface area contributed by atoms with E-state index in [4.69, 9.17) is 4.74 Å². The molecule has 0 saturated carbocycles. The Kier molecular flexibility index (Phi) is 5.05. The number of methoxy groups -OCH3 is 1. The Morgan fingerprint density at radius 1 is 1.33 bits per heavy atom. The van der Waals surface area contributed by atoms with Crippen molar-refractivity contribution < 1.29 is 9.53 Å². The summed E-state index contributed by atoms with van der Waals surface area (Å²) in [5, 5.41) is 0. The van der Waals surface area contributed by atoms with Gasteiger partial charge in [0.15, 0.2) is 5.78 Å². The number of aryl methyl sites for hydroxylation is 1. The molecule has 0 aliphatic carbocycles. The van der Waals surface area contributed by atoms with Crippen LogP contribution in [0.4, 0.5) is 0 Å². The van der Waals surface area contributed by atoms with Crippen molar-refractivity contribution in [1.82, 2.24) is 0 Å². The molecule has 0 aliphatic heterocycles. The predicted octanol–water partition coefficient (Wildman–Crippen LogP) is 2.61. The van der Waals surface area contributed by atoms with Crippen LogP contribution in [0, 0.1) is 0 Å². The Bertz CT molecular complexity index is 293. The first-order valence-electron chi connectivity index (χ1n) is 5.37. The monoisotopic (exact) mass is 206 g/mol. The smallest absolute Gasteiger partial charge is 0.161 e. The van der Waals surface area contributed by atoms with Crippen molar-refractivity contribution in [3.8, 4) is 0 Å².